The highest BCUT2D eigenvalue weighted by molar-refractivity contribution is 5.99. The number of amides is 1. The first-order valence-electron chi connectivity index (χ1n) is 9.71. The SMILES string of the molecule is C/C(=N/OCC(=O)NCCCN1CCCC[C@@H]1C)c1ccc2c(c1)OCO2. The fourth-order valence-corrected chi connectivity index (χ4v) is 3.41. The molecule has 7 nitrogen and oxygen atoms in total. The van der Waals surface area contributed by atoms with E-state index in [-0.39, 0.29) is 19.3 Å². The number of piperidine rings is 1. The second-order valence-corrected chi connectivity index (χ2v) is 7.10. The molecule has 0 bridgehead atoms. The average Bonchev–Trinajstić information content (AvgIpc) is 3.14. The number of rotatable bonds is 8. The van der Waals surface area contributed by atoms with Gasteiger partial charge in [-0.1, -0.05) is 11.6 Å². The number of ether oxygens (including phenoxy) is 2. The maximum atomic E-state index is 11.9. The fraction of sp³-hybridized carbons (Fsp3) is 0.600. The molecule has 2 aliphatic rings. The van der Waals surface area contributed by atoms with E-state index in [0.29, 0.717) is 24.0 Å². The van der Waals surface area contributed by atoms with Crippen LogP contribution >= 0.6 is 0 Å². The van der Waals surface area contributed by atoms with Gasteiger partial charge < -0.3 is 24.5 Å². The van der Waals surface area contributed by atoms with Crippen molar-refractivity contribution in [2.24, 2.45) is 5.16 Å². The Balaban J connectivity index is 1.33. The van der Waals surface area contributed by atoms with Crippen LogP contribution in [-0.4, -0.2) is 55.6 Å². The molecule has 0 aliphatic carbocycles. The van der Waals surface area contributed by atoms with E-state index >= 15 is 0 Å². The molecule has 1 aromatic carbocycles. The molecule has 2 aliphatic heterocycles. The summed E-state index contributed by atoms with van der Waals surface area (Å²) in [5, 5.41) is 6.91. The van der Waals surface area contributed by atoms with Gasteiger partial charge in [-0.05, 0) is 57.9 Å². The topological polar surface area (TPSA) is 72.4 Å². The zero-order valence-corrected chi connectivity index (χ0v) is 16.2. The smallest absolute Gasteiger partial charge is 0.260 e. The first-order chi connectivity index (χ1) is 13.1. The second kappa shape index (κ2) is 9.60. The van der Waals surface area contributed by atoms with Crippen molar-refractivity contribution in [3.05, 3.63) is 23.8 Å². The highest BCUT2D eigenvalue weighted by Gasteiger charge is 2.17. The van der Waals surface area contributed by atoms with Gasteiger partial charge in [-0.15, -0.1) is 0 Å². The molecule has 1 aromatic rings. The van der Waals surface area contributed by atoms with Crippen molar-refractivity contribution in [3.8, 4) is 11.5 Å². The molecule has 1 N–H and O–H groups in total. The van der Waals surface area contributed by atoms with Crippen LogP contribution in [0.3, 0.4) is 0 Å². The minimum atomic E-state index is -0.149. The van der Waals surface area contributed by atoms with E-state index in [1.165, 1.54) is 25.8 Å². The van der Waals surface area contributed by atoms with Crippen molar-refractivity contribution in [3.63, 3.8) is 0 Å². The van der Waals surface area contributed by atoms with E-state index in [4.69, 9.17) is 14.3 Å². The van der Waals surface area contributed by atoms with Gasteiger partial charge in [-0.2, -0.15) is 0 Å². The zero-order valence-electron chi connectivity index (χ0n) is 16.2. The normalized spacial score (nSPS) is 19.8. The largest absolute Gasteiger partial charge is 0.454 e. The van der Waals surface area contributed by atoms with Crippen molar-refractivity contribution < 1.29 is 19.1 Å². The lowest BCUT2D eigenvalue weighted by Crippen LogP contribution is -2.39. The van der Waals surface area contributed by atoms with Gasteiger partial charge in [0, 0.05) is 24.7 Å². The molecule has 0 radical (unpaired) electrons. The van der Waals surface area contributed by atoms with Crippen LogP contribution in [0.25, 0.3) is 0 Å². The van der Waals surface area contributed by atoms with Crippen LogP contribution < -0.4 is 14.8 Å². The van der Waals surface area contributed by atoms with Gasteiger partial charge in [-0.3, -0.25) is 4.79 Å². The van der Waals surface area contributed by atoms with Gasteiger partial charge >= 0.3 is 0 Å². The molecule has 1 fully saturated rings. The summed E-state index contributed by atoms with van der Waals surface area (Å²) in [7, 11) is 0. The number of oxime groups is 1. The molecule has 7 heteroatoms. The molecule has 3 rings (SSSR count). The predicted octanol–water partition coefficient (Wildman–Crippen LogP) is 2.54. The number of nitrogens with zero attached hydrogens (tertiary/aromatic N) is 2. The summed E-state index contributed by atoms with van der Waals surface area (Å²) < 4.78 is 10.6. The van der Waals surface area contributed by atoms with Crippen LogP contribution in [-0.2, 0) is 9.63 Å². The summed E-state index contributed by atoms with van der Waals surface area (Å²) in [6, 6.07) is 6.24. The summed E-state index contributed by atoms with van der Waals surface area (Å²) in [6.07, 6.45) is 4.85. The van der Waals surface area contributed by atoms with E-state index in [9.17, 15) is 4.79 Å². The van der Waals surface area contributed by atoms with Crippen LogP contribution in [0.15, 0.2) is 23.4 Å². The highest BCUT2D eigenvalue weighted by atomic mass is 16.7. The van der Waals surface area contributed by atoms with Crippen molar-refractivity contribution in [2.45, 2.75) is 45.6 Å². The Hall–Kier alpha value is -2.28. The number of carbonyl (C=O) groups is 1. The van der Waals surface area contributed by atoms with Gasteiger partial charge in [0.05, 0.1) is 5.71 Å². The number of hydrogen-bond donors (Lipinski definition) is 1. The number of fused-ring (bicyclic) bond motifs is 1. The lowest BCUT2D eigenvalue weighted by Gasteiger charge is -2.33. The number of hydrogen-bond acceptors (Lipinski definition) is 6. The summed E-state index contributed by atoms with van der Waals surface area (Å²) in [6.45, 7) is 7.14. The molecule has 1 atom stereocenters. The molecule has 0 spiro atoms. The van der Waals surface area contributed by atoms with Crippen LogP contribution in [0.4, 0.5) is 0 Å². The maximum absolute atomic E-state index is 11.9. The van der Waals surface area contributed by atoms with E-state index in [1.807, 2.05) is 25.1 Å². The quantitative estimate of drug-likeness (QED) is 0.429. The minimum Gasteiger partial charge on any atom is -0.454 e. The Morgan fingerprint density at radius 2 is 2.19 bits per heavy atom. The molecule has 0 unspecified atom stereocenters. The Morgan fingerprint density at radius 3 is 3.04 bits per heavy atom. The van der Waals surface area contributed by atoms with Crippen molar-refractivity contribution in [1.29, 1.82) is 0 Å². The second-order valence-electron chi connectivity index (χ2n) is 7.10. The van der Waals surface area contributed by atoms with Crippen molar-refractivity contribution >= 4 is 11.6 Å². The monoisotopic (exact) mass is 375 g/mol. The van der Waals surface area contributed by atoms with Crippen LogP contribution in [0, 0.1) is 0 Å². The van der Waals surface area contributed by atoms with E-state index in [1.54, 1.807) is 0 Å². The number of likely N-dealkylation sites (tertiary alicyclic amines) is 1. The summed E-state index contributed by atoms with van der Waals surface area (Å²) in [5.41, 5.74) is 1.55. The third kappa shape index (κ3) is 5.60. The minimum absolute atomic E-state index is 0.0813. The predicted molar refractivity (Wildman–Crippen MR) is 103 cm³/mol. The van der Waals surface area contributed by atoms with Crippen LogP contribution in [0.2, 0.25) is 0 Å². The van der Waals surface area contributed by atoms with E-state index in [2.05, 4.69) is 22.3 Å². The van der Waals surface area contributed by atoms with E-state index in [0.717, 1.165) is 24.3 Å². The third-order valence-electron chi connectivity index (χ3n) is 5.07. The van der Waals surface area contributed by atoms with E-state index < -0.39 is 0 Å². The molecular weight excluding hydrogens is 346 g/mol. The number of carbonyl (C=O) groups excluding carboxylic acids is 1. The Bertz CT molecular complexity index is 677. The Kier molecular flexibility index (Phi) is 6.92. The lowest BCUT2D eigenvalue weighted by molar-refractivity contribution is -0.125. The molecule has 0 aromatic heterocycles. The van der Waals surface area contributed by atoms with Gasteiger partial charge in [0.25, 0.3) is 5.91 Å². The Labute approximate surface area is 160 Å². The van der Waals surface area contributed by atoms with Gasteiger partial charge in [0.2, 0.25) is 6.79 Å². The molecule has 1 saturated heterocycles. The highest BCUT2D eigenvalue weighted by Crippen LogP contribution is 2.32. The Morgan fingerprint density at radius 1 is 1.33 bits per heavy atom. The van der Waals surface area contributed by atoms with Crippen molar-refractivity contribution in [1.82, 2.24) is 10.2 Å². The molecule has 148 valence electrons. The molecular formula is C20H29N3O4. The van der Waals surface area contributed by atoms with Crippen molar-refractivity contribution in [2.75, 3.05) is 33.0 Å². The molecule has 2 heterocycles. The number of nitrogens with one attached hydrogen (secondary N) is 1. The first kappa shape index (κ1) is 19.5. The van der Waals surface area contributed by atoms with Gasteiger partial charge in [0.15, 0.2) is 18.1 Å². The molecule has 27 heavy (non-hydrogen) atoms. The third-order valence-corrected chi connectivity index (χ3v) is 5.07. The average molecular weight is 375 g/mol. The lowest BCUT2D eigenvalue weighted by atomic mass is 10.0. The molecule has 0 saturated carbocycles. The van der Waals surface area contributed by atoms with Crippen LogP contribution in [0.5, 0.6) is 11.5 Å². The standard InChI is InChI=1S/C20H29N3O4/c1-15-6-3-4-10-23(15)11-5-9-21-20(24)13-27-22-16(2)17-7-8-18-19(12-17)26-14-25-18/h7-8,12,15H,3-6,9-11,13-14H2,1-2H3,(H,21,24)/b22-16-/t15-/m0/s1. The first-order valence-corrected chi connectivity index (χ1v) is 9.71. The van der Waals surface area contributed by atoms with Gasteiger partial charge in [0.1, 0.15) is 0 Å². The van der Waals surface area contributed by atoms with Gasteiger partial charge in [-0.25, -0.2) is 0 Å². The number of benzene rings is 1. The molecule has 1 amide bonds. The summed E-state index contributed by atoms with van der Waals surface area (Å²) in [4.78, 5) is 19.6. The summed E-state index contributed by atoms with van der Waals surface area (Å²) in [5.74, 6) is 1.28. The fourth-order valence-electron chi connectivity index (χ4n) is 3.41. The zero-order chi connectivity index (χ0) is 19.1. The summed E-state index contributed by atoms with van der Waals surface area (Å²) >= 11 is 0. The maximum Gasteiger partial charge on any atom is 0.260 e. The van der Waals surface area contributed by atoms with Crippen LogP contribution in [0.1, 0.15) is 45.1 Å².